The van der Waals surface area contributed by atoms with Crippen LogP contribution in [0.2, 0.25) is 0 Å². The zero-order valence-corrected chi connectivity index (χ0v) is 10.7. The summed E-state index contributed by atoms with van der Waals surface area (Å²) in [5.74, 6) is 0.334. The summed E-state index contributed by atoms with van der Waals surface area (Å²) in [6.07, 6.45) is 5.35. The minimum Gasteiger partial charge on any atom is -0.433 e. The molecule has 1 unspecified atom stereocenters. The van der Waals surface area contributed by atoms with Gasteiger partial charge in [-0.25, -0.2) is 4.79 Å². The van der Waals surface area contributed by atoms with E-state index >= 15 is 0 Å². The Morgan fingerprint density at radius 3 is 2.50 bits per heavy atom. The third-order valence-corrected chi connectivity index (χ3v) is 2.23. The van der Waals surface area contributed by atoms with Crippen LogP contribution in [0.15, 0.2) is 12.7 Å². The maximum absolute atomic E-state index is 10.8. The Labute approximate surface area is 98.8 Å². The van der Waals surface area contributed by atoms with Gasteiger partial charge in [-0.1, -0.05) is 39.7 Å². The number of esters is 1. The molecule has 94 valence electrons. The Bertz CT molecular complexity index is 199. The molecule has 0 aliphatic carbocycles. The number of rotatable bonds is 9. The zero-order chi connectivity index (χ0) is 12.4. The maximum Gasteiger partial charge on any atom is 0.332 e. The van der Waals surface area contributed by atoms with Crippen LogP contribution in [-0.4, -0.2) is 18.9 Å². The van der Waals surface area contributed by atoms with Gasteiger partial charge in [-0.3, -0.25) is 0 Å². The normalized spacial score (nSPS) is 12.5. The fraction of sp³-hybridized carbons (Fsp3) is 0.769. The van der Waals surface area contributed by atoms with Gasteiger partial charge in [0.15, 0.2) is 6.29 Å². The largest absolute Gasteiger partial charge is 0.433 e. The Morgan fingerprint density at radius 2 is 1.94 bits per heavy atom. The second-order valence-electron chi connectivity index (χ2n) is 4.32. The minimum atomic E-state index is -0.476. The topological polar surface area (TPSA) is 35.5 Å². The molecule has 0 heterocycles. The van der Waals surface area contributed by atoms with Crippen LogP contribution < -0.4 is 0 Å². The van der Waals surface area contributed by atoms with E-state index in [-0.39, 0.29) is 0 Å². The molecule has 16 heavy (non-hydrogen) atoms. The molecule has 0 N–H and O–H groups in total. The zero-order valence-electron chi connectivity index (χ0n) is 10.7. The number of hydrogen-bond donors (Lipinski definition) is 0. The molecule has 0 saturated carbocycles. The molecule has 0 radical (unpaired) electrons. The second kappa shape index (κ2) is 9.40. The Kier molecular flexibility index (Phi) is 8.91. The summed E-state index contributed by atoms with van der Waals surface area (Å²) < 4.78 is 10.2. The molecular weight excluding hydrogens is 204 g/mol. The Morgan fingerprint density at radius 1 is 1.25 bits per heavy atom. The molecule has 0 amide bonds. The van der Waals surface area contributed by atoms with Crippen molar-refractivity contribution in [3.05, 3.63) is 12.7 Å². The molecule has 3 heteroatoms. The van der Waals surface area contributed by atoms with E-state index in [0.29, 0.717) is 6.61 Å². The van der Waals surface area contributed by atoms with Gasteiger partial charge >= 0.3 is 5.97 Å². The van der Waals surface area contributed by atoms with Crippen molar-refractivity contribution in [2.45, 2.75) is 52.7 Å². The van der Waals surface area contributed by atoms with Gasteiger partial charge in [-0.15, -0.1) is 0 Å². The van der Waals surface area contributed by atoms with Crippen LogP contribution in [0.4, 0.5) is 0 Å². The predicted molar refractivity (Wildman–Crippen MR) is 65.0 cm³/mol. The number of ether oxygens (including phenoxy) is 2. The number of carbonyl (C=O) groups excluding carboxylic acids is 1. The SMILES string of the molecule is C=CC(=O)OC(C)OCCCCCC(C)C. The van der Waals surface area contributed by atoms with Crippen molar-refractivity contribution in [3.63, 3.8) is 0 Å². The molecular formula is C13H24O3. The van der Waals surface area contributed by atoms with Crippen LogP contribution in [0.3, 0.4) is 0 Å². The first kappa shape index (κ1) is 15.2. The molecule has 1 atom stereocenters. The number of carbonyl (C=O) groups is 1. The van der Waals surface area contributed by atoms with Gasteiger partial charge in [-0.05, 0) is 19.3 Å². The molecule has 0 fully saturated rings. The van der Waals surface area contributed by atoms with Crippen molar-refractivity contribution < 1.29 is 14.3 Å². The van der Waals surface area contributed by atoms with E-state index in [1.165, 1.54) is 19.3 Å². The lowest BCUT2D eigenvalue weighted by Crippen LogP contribution is -2.17. The Hall–Kier alpha value is -0.830. The molecule has 0 aliphatic rings. The fourth-order valence-electron chi connectivity index (χ4n) is 1.33. The lowest BCUT2D eigenvalue weighted by Gasteiger charge is -2.12. The van der Waals surface area contributed by atoms with Gasteiger partial charge < -0.3 is 9.47 Å². The van der Waals surface area contributed by atoms with Crippen molar-refractivity contribution in [2.24, 2.45) is 5.92 Å². The first-order valence-electron chi connectivity index (χ1n) is 6.01. The van der Waals surface area contributed by atoms with Crippen LogP contribution in [0, 0.1) is 5.92 Å². The van der Waals surface area contributed by atoms with Crippen molar-refractivity contribution in [1.82, 2.24) is 0 Å². The van der Waals surface area contributed by atoms with E-state index in [4.69, 9.17) is 9.47 Å². The van der Waals surface area contributed by atoms with E-state index < -0.39 is 12.3 Å². The smallest absolute Gasteiger partial charge is 0.332 e. The van der Waals surface area contributed by atoms with Crippen LogP contribution in [0.5, 0.6) is 0 Å². The van der Waals surface area contributed by atoms with Crippen LogP contribution in [0.25, 0.3) is 0 Å². The fourth-order valence-corrected chi connectivity index (χ4v) is 1.33. The van der Waals surface area contributed by atoms with Crippen LogP contribution in [0.1, 0.15) is 46.5 Å². The van der Waals surface area contributed by atoms with Crippen molar-refractivity contribution >= 4 is 5.97 Å². The van der Waals surface area contributed by atoms with Crippen LogP contribution >= 0.6 is 0 Å². The van der Waals surface area contributed by atoms with Gasteiger partial charge in [0.1, 0.15) is 0 Å². The lowest BCUT2D eigenvalue weighted by atomic mass is 10.1. The first-order chi connectivity index (χ1) is 7.56. The molecule has 0 aliphatic heterocycles. The van der Waals surface area contributed by atoms with Gasteiger partial charge in [0, 0.05) is 6.08 Å². The summed E-state index contributed by atoms with van der Waals surface area (Å²) in [6.45, 7) is 10.1. The summed E-state index contributed by atoms with van der Waals surface area (Å²) in [5.41, 5.74) is 0. The van der Waals surface area contributed by atoms with Gasteiger partial charge in [0.25, 0.3) is 0 Å². The summed E-state index contributed by atoms with van der Waals surface area (Å²) in [6, 6.07) is 0. The van der Waals surface area contributed by atoms with Crippen molar-refractivity contribution in [3.8, 4) is 0 Å². The Balaban J connectivity index is 3.30. The molecule has 0 aromatic carbocycles. The average molecular weight is 228 g/mol. The molecule has 0 bridgehead atoms. The lowest BCUT2D eigenvalue weighted by molar-refractivity contribution is -0.168. The highest BCUT2D eigenvalue weighted by molar-refractivity contribution is 5.81. The highest BCUT2D eigenvalue weighted by atomic mass is 16.7. The quantitative estimate of drug-likeness (QED) is 0.263. The highest BCUT2D eigenvalue weighted by Crippen LogP contribution is 2.08. The summed E-state index contributed by atoms with van der Waals surface area (Å²) in [5, 5.41) is 0. The van der Waals surface area contributed by atoms with Crippen molar-refractivity contribution in [2.75, 3.05) is 6.61 Å². The van der Waals surface area contributed by atoms with Gasteiger partial charge in [-0.2, -0.15) is 0 Å². The van der Waals surface area contributed by atoms with Crippen molar-refractivity contribution in [1.29, 1.82) is 0 Å². The minimum absolute atomic E-state index is 0.438. The van der Waals surface area contributed by atoms with E-state index in [1.807, 2.05) is 0 Å². The van der Waals surface area contributed by atoms with Crippen LogP contribution in [-0.2, 0) is 14.3 Å². The molecule has 3 nitrogen and oxygen atoms in total. The van der Waals surface area contributed by atoms with E-state index in [2.05, 4.69) is 20.4 Å². The third kappa shape index (κ3) is 9.71. The predicted octanol–water partition coefficient (Wildman–Crippen LogP) is 3.29. The summed E-state index contributed by atoms with van der Waals surface area (Å²) >= 11 is 0. The summed E-state index contributed by atoms with van der Waals surface area (Å²) in [4.78, 5) is 10.8. The summed E-state index contributed by atoms with van der Waals surface area (Å²) in [7, 11) is 0. The molecule has 0 rings (SSSR count). The van der Waals surface area contributed by atoms with E-state index in [1.54, 1.807) is 6.92 Å². The molecule has 0 aromatic heterocycles. The van der Waals surface area contributed by atoms with E-state index in [9.17, 15) is 4.79 Å². The maximum atomic E-state index is 10.8. The van der Waals surface area contributed by atoms with E-state index in [0.717, 1.165) is 18.4 Å². The molecule has 0 spiro atoms. The molecule has 0 saturated heterocycles. The number of unbranched alkanes of at least 4 members (excludes halogenated alkanes) is 2. The monoisotopic (exact) mass is 228 g/mol. The highest BCUT2D eigenvalue weighted by Gasteiger charge is 2.05. The van der Waals surface area contributed by atoms with Gasteiger partial charge in [0.05, 0.1) is 6.61 Å². The first-order valence-corrected chi connectivity index (χ1v) is 6.01. The average Bonchev–Trinajstić information content (AvgIpc) is 2.22. The third-order valence-electron chi connectivity index (χ3n) is 2.23. The standard InChI is InChI=1S/C13H24O3/c1-5-13(14)16-12(4)15-10-8-6-7-9-11(2)3/h5,11-12H,1,6-10H2,2-4H3. The number of hydrogen-bond acceptors (Lipinski definition) is 3. The molecule has 0 aromatic rings. The second-order valence-corrected chi connectivity index (χ2v) is 4.32. The van der Waals surface area contributed by atoms with Gasteiger partial charge in [0.2, 0.25) is 0 Å².